The first-order valence-electron chi connectivity index (χ1n) is 5.13. The van der Waals surface area contributed by atoms with Crippen LogP contribution in [0.5, 0.6) is 0 Å². The fourth-order valence-electron chi connectivity index (χ4n) is 1.87. The van der Waals surface area contributed by atoms with E-state index in [1.54, 1.807) is 0 Å². The van der Waals surface area contributed by atoms with Gasteiger partial charge in [0.15, 0.2) is 0 Å². The Kier molecular flexibility index (Phi) is 3.00. The molecule has 1 aromatic rings. The molecule has 1 aliphatic rings. The van der Waals surface area contributed by atoms with E-state index in [1.807, 2.05) is 12.1 Å². The summed E-state index contributed by atoms with van der Waals surface area (Å²) in [6, 6.07) is 10.4. The average Bonchev–Trinajstić information content (AvgIpc) is 2.19. The average molecular weight is 187 g/mol. The third kappa shape index (κ3) is 2.46. The molecule has 14 heavy (non-hydrogen) atoms. The van der Waals surface area contributed by atoms with Gasteiger partial charge in [-0.05, 0) is 31.2 Å². The summed E-state index contributed by atoms with van der Waals surface area (Å²) in [6.07, 6.45) is 6.52. The highest BCUT2D eigenvalue weighted by Gasteiger charge is 2.11. The van der Waals surface area contributed by atoms with E-state index in [4.69, 9.17) is 0 Å². The molecule has 0 spiro atoms. The molecule has 1 N–H and O–H groups in total. The van der Waals surface area contributed by atoms with Crippen molar-refractivity contribution in [2.45, 2.75) is 25.7 Å². The van der Waals surface area contributed by atoms with Gasteiger partial charge in [-0.25, -0.2) is 0 Å². The van der Waals surface area contributed by atoms with Crippen molar-refractivity contribution in [3.63, 3.8) is 0 Å². The second-order valence-corrected chi connectivity index (χ2v) is 3.81. The molecule has 1 heteroatoms. The maximum absolute atomic E-state index is 9.40. The summed E-state index contributed by atoms with van der Waals surface area (Å²) in [6.45, 7) is 0. The molecule has 0 amide bonds. The summed E-state index contributed by atoms with van der Waals surface area (Å²) < 4.78 is 0. The molecule has 1 aliphatic carbocycles. The molecule has 0 aromatic heterocycles. The number of benzene rings is 1. The molecule has 0 saturated carbocycles. The summed E-state index contributed by atoms with van der Waals surface area (Å²) in [7, 11) is 0. The van der Waals surface area contributed by atoms with E-state index < -0.39 is 0 Å². The zero-order chi connectivity index (χ0) is 9.80. The van der Waals surface area contributed by atoms with Gasteiger partial charge in [0.1, 0.15) is 6.10 Å². The first kappa shape index (κ1) is 9.47. The predicted octanol–water partition coefficient (Wildman–Crippen LogP) is 3.24. The lowest BCUT2D eigenvalue weighted by atomic mass is 9.93. The molecule has 0 fully saturated rings. The maximum Gasteiger partial charge on any atom is 0.115 e. The molecule has 1 aromatic carbocycles. The van der Waals surface area contributed by atoms with E-state index in [0.717, 1.165) is 25.7 Å². The zero-order valence-electron chi connectivity index (χ0n) is 8.24. The number of aliphatic hydroxyl groups excluding tert-OH is 1. The minimum atomic E-state index is 0.544. The Labute approximate surface area is 85.1 Å². The topological polar surface area (TPSA) is 20.2 Å². The van der Waals surface area contributed by atoms with Crippen molar-refractivity contribution < 1.29 is 5.11 Å². The van der Waals surface area contributed by atoms with Crippen LogP contribution in [0.4, 0.5) is 0 Å². The Balaban J connectivity index is 2.04. The first-order chi connectivity index (χ1) is 6.84. The van der Waals surface area contributed by atoms with Crippen LogP contribution < -0.4 is 0 Å². The second kappa shape index (κ2) is 4.43. The van der Waals surface area contributed by atoms with E-state index in [9.17, 15) is 5.11 Å². The monoisotopic (exact) mass is 187 g/mol. The van der Waals surface area contributed by atoms with Crippen LogP contribution >= 0.6 is 0 Å². The molecule has 1 radical (unpaired) electrons. The van der Waals surface area contributed by atoms with Crippen LogP contribution in [0.3, 0.4) is 0 Å². The highest BCUT2D eigenvalue weighted by Crippen LogP contribution is 2.24. The van der Waals surface area contributed by atoms with Gasteiger partial charge in [-0.1, -0.05) is 42.0 Å². The molecular weight excluding hydrogens is 172 g/mol. The van der Waals surface area contributed by atoms with Crippen molar-refractivity contribution in [1.82, 2.24) is 0 Å². The number of aliphatic hydroxyl groups is 1. The molecule has 2 rings (SSSR count). The molecule has 0 unspecified atom stereocenters. The quantitative estimate of drug-likeness (QED) is 0.753. The van der Waals surface area contributed by atoms with Gasteiger partial charge in [-0.2, -0.15) is 0 Å². The van der Waals surface area contributed by atoms with Crippen molar-refractivity contribution in [2.24, 2.45) is 0 Å². The molecule has 0 heterocycles. The number of rotatable bonds is 2. The van der Waals surface area contributed by atoms with Crippen molar-refractivity contribution in [3.8, 4) is 0 Å². The number of allylic oxidation sites excluding steroid dienone is 1. The lowest BCUT2D eigenvalue weighted by Gasteiger charge is -2.16. The largest absolute Gasteiger partial charge is 0.382 e. The van der Waals surface area contributed by atoms with Crippen molar-refractivity contribution in [3.05, 3.63) is 53.6 Å². The lowest BCUT2D eigenvalue weighted by Crippen LogP contribution is -2.03. The van der Waals surface area contributed by atoms with Crippen molar-refractivity contribution in [2.75, 3.05) is 0 Å². The Morgan fingerprint density at radius 2 is 1.86 bits per heavy atom. The van der Waals surface area contributed by atoms with Gasteiger partial charge in [0, 0.05) is 0 Å². The lowest BCUT2D eigenvalue weighted by molar-refractivity contribution is 0.307. The summed E-state index contributed by atoms with van der Waals surface area (Å²) in [5, 5.41) is 9.40. The fourth-order valence-corrected chi connectivity index (χ4v) is 1.87. The van der Waals surface area contributed by atoms with Gasteiger partial charge in [0.25, 0.3) is 0 Å². The van der Waals surface area contributed by atoms with E-state index >= 15 is 0 Å². The highest BCUT2D eigenvalue weighted by atomic mass is 16.3. The fraction of sp³-hybridized carbons (Fsp3) is 0.308. The van der Waals surface area contributed by atoms with E-state index in [0.29, 0.717) is 6.10 Å². The van der Waals surface area contributed by atoms with Crippen molar-refractivity contribution >= 4 is 0 Å². The van der Waals surface area contributed by atoms with Crippen LogP contribution in [0.1, 0.15) is 24.8 Å². The zero-order valence-corrected chi connectivity index (χ0v) is 8.24. The highest BCUT2D eigenvalue weighted by molar-refractivity contribution is 5.25. The molecule has 0 bridgehead atoms. The molecule has 0 aliphatic heterocycles. The van der Waals surface area contributed by atoms with Gasteiger partial charge in [0.2, 0.25) is 0 Å². The van der Waals surface area contributed by atoms with Gasteiger partial charge in [-0.3, -0.25) is 0 Å². The Bertz CT molecular complexity index is 313. The number of hydrogen-bond acceptors (Lipinski definition) is 1. The van der Waals surface area contributed by atoms with Crippen LogP contribution in [0.2, 0.25) is 0 Å². The normalized spacial score (nSPS) is 17.9. The maximum atomic E-state index is 9.40. The van der Waals surface area contributed by atoms with Crippen LogP contribution in [0, 0.1) is 6.10 Å². The summed E-state index contributed by atoms with van der Waals surface area (Å²) >= 11 is 0. The predicted molar refractivity (Wildman–Crippen MR) is 57.3 cm³/mol. The summed E-state index contributed by atoms with van der Waals surface area (Å²) in [5.41, 5.74) is 2.67. The van der Waals surface area contributed by atoms with Crippen molar-refractivity contribution in [1.29, 1.82) is 0 Å². The molecule has 0 saturated heterocycles. The van der Waals surface area contributed by atoms with Crippen LogP contribution in [0.15, 0.2) is 42.0 Å². The Morgan fingerprint density at radius 3 is 2.57 bits per heavy atom. The van der Waals surface area contributed by atoms with Crippen LogP contribution in [-0.2, 0) is 6.42 Å². The summed E-state index contributed by atoms with van der Waals surface area (Å²) in [4.78, 5) is 0. The first-order valence-corrected chi connectivity index (χ1v) is 5.13. The third-order valence-electron chi connectivity index (χ3n) is 2.58. The Morgan fingerprint density at radius 1 is 1.07 bits per heavy atom. The van der Waals surface area contributed by atoms with Gasteiger partial charge in [-0.15, -0.1) is 0 Å². The van der Waals surface area contributed by atoms with Crippen LogP contribution in [-0.4, -0.2) is 5.11 Å². The van der Waals surface area contributed by atoms with Gasteiger partial charge in [0.05, 0.1) is 0 Å². The molecular formula is C13H15O. The molecule has 0 atom stereocenters. The smallest absolute Gasteiger partial charge is 0.115 e. The standard InChI is InChI=1S/C13H15O/c14-13-8-4-7-12(10-13)9-11-5-2-1-3-6-11/h1-3,5-6,10,14H,4,7-9H2. The minimum Gasteiger partial charge on any atom is -0.382 e. The summed E-state index contributed by atoms with van der Waals surface area (Å²) in [5.74, 6) is 0. The SMILES string of the molecule is O[C]1C=C(Cc2ccccc2)CCC1. The number of hydrogen-bond donors (Lipinski definition) is 1. The van der Waals surface area contributed by atoms with Crippen LogP contribution in [0.25, 0.3) is 0 Å². The van der Waals surface area contributed by atoms with E-state index in [2.05, 4.69) is 24.3 Å². The van der Waals surface area contributed by atoms with Gasteiger partial charge >= 0.3 is 0 Å². The second-order valence-electron chi connectivity index (χ2n) is 3.81. The van der Waals surface area contributed by atoms with E-state index in [1.165, 1.54) is 11.1 Å². The third-order valence-corrected chi connectivity index (χ3v) is 2.58. The minimum absolute atomic E-state index is 0.544. The molecule has 73 valence electrons. The van der Waals surface area contributed by atoms with E-state index in [-0.39, 0.29) is 0 Å². The molecule has 1 nitrogen and oxygen atoms in total. The Hall–Kier alpha value is -1.08. The van der Waals surface area contributed by atoms with Gasteiger partial charge < -0.3 is 5.11 Å².